The summed E-state index contributed by atoms with van der Waals surface area (Å²) in [5, 5.41) is 3.27. The van der Waals surface area contributed by atoms with E-state index in [9.17, 15) is 9.59 Å². The second-order valence-corrected chi connectivity index (χ2v) is 4.37. The van der Waals surface area contributed by atoms with Crippen molar-refractivity contribution < 1.29 is 9.59 Å². The van der Waals surface area contributed by atoms with Crippen molar-refractivity contribution in [3.8, 4) is 0 Å². The molecule has 0 aliphatic heterocycles. The number of carbonyl (C=O) groups excluding carboxylic acids is 2. The van der Waals surface area contributed by atoms with Crippen LogP contribution in [0.3, 0.4) is 0 Å². The molecule has 0 spiro atoms. The van der Waals surface area contributed by atoms with Crippen LogP contribution in [0.2, 0.25) is 5.02 Å². The van der Waals surface area contributed by atoms with Crippen molar-refractivity contribution in [1.29, 1.82) is 0 Å². The molecule has 1 aromatic carbocycles. The second-order valence-electron chi connectivity index (χ2n) is 3.93. The van der Waals surface area contributed by atoms with Gasteiger partial charge in [-0.1, -0.05) is 24.6 Å². The molecule has 0 heterocycles. The second kappa shape index (κ2) is 7.01. The SMILES string of the molecule is CCCNC(=O)CN(C(C)=O)c1cccc(Cl)c1. The van der Waals surface area contributed by atoms with Gasteiger partial charge in [-0.25, -0.2) is 0 Å². The highest BCUT2D eigenvalue weighted by atomic mass is 35.5. The van der Waals surface area contributed by atoms with Gasteiger partial charge in [0.1, 0.15) is 6.54 Å². The van der Waals surface area contributed by atoms with Crippen LogP contribution in [0.15, 0.2) is 24.3 Å². The Kier molecular flexibility index (Phi) is 5.65. The van der Waals surface area contributed by atoms with Crippen LogP contribution >= 0.6 is 11.6 Å². The Morgan fingerprint density at radius 1 is 1.39 bits per heavy atom. The van der Waals surface area contributed by atoms with E-state index in [0.717, 1.165) is 6.42 Å². The van der Waals surface area contributed by atoms with Crippen molar-refractivity contribution in [2.75, 3.05) is 18.0 Å². The molecule has 0 aliphatic rings. The maximum atomic E-state index is 11.6. The summed E-state index contributed by atoms with van der Waals surface area (Å²) in [5.74, 6) is -0.365. The molecule has 5 heteroatoms. The van der Waals surface area contributed by atoms with Crippen molar-refractivity contribution in [2.24, 2.45) is 0 Å². The van der Waals surface area contributed by atoms with Crippen molar-refractivity contribution >= 4 is 29.1 Å². The molecule has 0 saturated carbocycles. The number of anilines is 1. The van der Waals surface area contributed by atoms with E-state index in [1.807, 2.05) is 6.92 Å². The van der Waals surface area contributed by atoms with Crippen LogP contribution in [0, 0.1) is 0 Å². The smallest absolute Gasteiger partial charge is 0.240 e. The van der Waals surface area contributed by atoms with Gasteiger partial charge in [0.15, 0.2) is 0 Å². The van der Waals surface area contributed by atoms with Gasteiger partial charge in [-0.3, -0.25) is 9.59 Å². The van der Waals surface area contributed by atoms with Gasteiger partial charge in [0, 0.05) is 24.2 Å². The molecule has 0 unspecified atom stereocenters. The lowest BCUT2D eigenvalue weighted by atomic mass is 10.2. The number of carbonyl (C=O) groups is 2. The number of nitrogens with one attached hydrogen (secondary N) is 1. The molecule has 18 heavy (non-hydrogen) atoms. The minimum Gasteiger partial charge on any atom is -0.355 e. The van der Waals surface area contributed by atoms with Crippen molar-refractivity contribution in [3.63, 3.8) is 0 Å². The number of nitrogens with zero attached hydrogens (tertiary/aromatic N) is 1. The first kappa shape index (κ1) is 14.5. The number of rotatable bonds is 5. The monoisotopic (exact) mass is 268 g/mol. The van der Waals surface area contributed by atoms with Crippen LogP contribution in [0.1, 0.15) is 20.3 Å². The zero-order valence-electron chi connectivity index (χ0n) is 10.6. The van der Waals surface area contributed by atoms with E-state index in [1.54, 1.807) is 24.3 Å². The molecule has 0 aromatic heterocycles. The summed E-state index contributed by atoms with van der Waals surface area (Å²) in [6, 6.07) is 6.88. The zero-order valence-corrected chi connectivity index (χ0v) is 11.3. The summed E-state index contributed by atoms with van der Waals surface area (Å²) in [5.41, 5.74) is 0.627. The van der Waals surface area contributed by atoms with E-state index < -0.39 is 0 Å². The molecule has 1 aromatic rings. The standard InChI is InChI=1S/C13H17ClN2O2/c1-3-7-15-13(18)9-16(10(2)17)12-6-4-5-11(14)8-12/h4-6,8H,3,7,9H2,1-2H3,(H,15,18). The lowest BCUT2D eigenvalue weighted by Crippen LogP contribution is -2.40. The summed E-state index contributed by atoms with van der Waals surface area (Å²) in [6.07, 6.45) is 0.864. The van der Waals surface area contributed by atoms with Gasteiger partial charge in [0.2, 0.25) is 11.8 Å². The first-order chi connectivity index (χ1) is 8.54. The summed E-state index contributed by atoms with van der Waals surface area (Å²) >= 11 is 5.88. The Morgan fingerprint density at radius 2 is 2.11 bits per heavy atom. The first-order valence-corrected chi connectivity index (χ1v) is 6.22. The molecule has 1 N–H and O–H groups in total. The average molecular weight is 269 g/mol. The van der Waals surface area contributed by atoms with Crippen molar-refractivity contribution in [1.82, 2.24) is 5.32 Å². The van der Waals surface area contributed by atoms with Crippen LogP contribution in [0.5, 0.6) is 0 Å². The molecule has 0 aliphatic carbocycles. The van der Waals surface area contributed by atoms with E-state index in [4.69, 9.17) is 11.6 Å². The van der Waals surface area contributed by atoms with Crippen molar-refractivity contribution in [2.45, 2.75) is 20.3 Å². The lowest BCUT2D eigenvalue weighted by Gasteiger charge is -2.20. The molecule has 0 radical (unpaired) electrons. The normalized spacial score (nSPS) is 9.94. The molecule has 0 bridgehead atoms. The molecule has 0 fully saturated rings. The number of hydrogen-bond donors (Lipinski definition) is 1. The summed E-state index contributed by atoms with van der Waals surface area (Å²) < 4.78 is 0. The Balaban J connectivity index is 2.77. The zero-order chi connectivity index (χ0) is 13.5. The molecule has 0 saturated heterocycles. The number of amides is 2. The predicted octanol–water partition coefficient (Wildman–Crippen LogP) is 2.22. The Hall–Kier alpha value is -1.55. The molecule has 1 rings (SSSR count). The fourth-order valence-corrected chi connectivity index (χ4v) is 1.68. The van der Waals surface area contributed by atoms with Gasteiger partial charge in [-0.2, -0.15) is 0 Å². The Labute approximate surface area is 112 Å². The van der Waals surface area contributed by atoms with Gasteiger partial charge in [0.05, 0.1) is 0 Å². The van der Waals surface area contributed by atoms with Crippen molar-refractivity contribution in [3.05, 3.63) is 29.3 Å². The van der Waals surface area contributed by atoms with Crippen LogP contribution in [-0.2, 0) is 9.59 Å². The highest BCUT2D eigenvalue weighted by Crippen LogP contribution is 2.19. The molecule has 98 valence electrons. The van der Waals surface area contributed by atoms with E-state index in [1.165, 1.54) is 11.8 Å². The molecule has 0 atom stereocenters. The molecular weight excluding hydrogens is 252 g/mol. The fourth-order valence-electron chi connectivity index (χ4n) is 1.49. The fraction of sp³-hybridized carbons (Fsp3) is 0.385. The topological polar surface area (TPSA) is 49.4 Å². The summed E-state index contributed by atoms with van der Waals surface area (Å²) in [4.78, 5) is 24.6. The first-order valence-electron chi connectivity index (χ1n) is 5.85. The van der Waals surface area contributed by atoms with E-state index in [2.05, 4.69) is 5.32 Å². The lowest BCUT2D eigenvalue weighted by molar-refractivity contribution is -0.123. The summed E-state index contributed by atoms with van der Waals surface area (Å²) in [7, 11) is 0. The maximum absolute atomic E-state index is 11.6. The minimum absolute atomic E-state index is 0.00960. The van der Waals surface area contributed by atoms with Gasteiger partial charge in [-0.15, -0.1) is 0 Å². The number of benzene rings is 1. The predicted molar refractivity (Wildman–Crippen MR) is 72.8 cm³/mol. The van der Waals surface area contributed by atoms with Crippen LogP contribution in [0.4, 0.5) is 5.69 Å². The van der Waals surface area contributed by atoms with Crippen LogP contribution in [0.25, 0.3) is 0 Å². The highest BCUT2D eigenvalue weighted by Gasteiger charge is 2.15. The van der Waals surface area contributed by atoms with Gasteiger partial charge in [0.25, 0.3) is 0 Å². The van der Waals surface area contributed by atoms with Gasteiger partial charge >= 0.3 is 0 Å². The Bertz CT molecular complexity index is 435. The maximum Gasteiger partial charge on any atom is 0.240 e. The minimum atomic E-state index is -0.191. The third-order valence-corrected chi connectivity index (χ3v) is 2.61. The Morgan fingerprint density at radius 3 is 2.67 bits per heavy atom. The third kappa shape index (κ3) is 4.37. The van der Waals surface area contributed by atoms with Gasteiger partial charge < -0.3 is 10.2 Å². The average Bonchev–Trinajstić information content (AvgIpc) is 2.33. The quantitative estimate of drug-likeness (QED) is 0.890. The molecule has 4 nitrogen and oxygen atoms in total. The van der Waals surface area contributed by atoms with Crippen LogP contribution < -0.4 is 10.2 Å². The van der Waals surface area contributed by atoms with E-state index in [0.29, 0.717) is 17.3 Å². The summed E-state index contributed by atoms with van der Waals surface area (Å²) in [6.45, 7) is 4.02. The highest BCUT2D eigenvalue weighted by molar-refractivity contribution is 6.30. The largest absolute Gasteiger partial charge is 0.355 e. The van der Waals surface area contributed by atoms with Crippen LogP contribution in [-0.4, -0.2) is 24.9 Å². The number of hydrogen-bond acceptors (Lipinski definition) is 2. The van der Waals surface area contributed by atoms with E-state index >= 15 is 0 Å². The van der Waals surface area contributed by atoms with E-state index in [-0.39, 0.29) is 18.4 Å². The van der Waals surface area contributed by atoms with Gasteiger partial charge in [-0.05, 0) is 24.6 Å². The third-order valence-electron chi connectivity index (χ3n) is 2.37. The molecular formula is C13H17ClN2O2. The molecule has 2 amide bonds. The number of halogens is 1.